The van der Waals surface area contributed by atoms with Crippen molar-refractivity contribution in [3.8, 4) is 0 Å². The molecule has 0 aromatic carbocycles. The van der Waals surface area contributed by atoms with Crippen LogP contribution < -0.4 is 5.32 Å². The van der Waals surface area contributed by atoms with Crippen molar-refractivity contribution in [3.05, 3.63) is 22.9 Å². The van der Waals surface area contributed by atoms with E-state index in [9.17, 15) is 4.79 Å². The molecule has 0 atom stereocenters. The van der Waals surface area contributed by atoms with Crippen LogP contribution in [-0.4, -0.2) is 10.9 Å². The molecule has 1 aromatic heterocycles. The summed E-state index contributed by atoms with van der Waals surface area (Å²) in [6, 6.07) is 3.75. The maximum absolute atomic E-state index is 12.6. The van der Waals surface area contributed by atoms with E-state index in [-0.39, 0.29) is 11.3 Å². The zero-order valence-electron chi connectivity index (χ0n) is 10.3. The number of nitrogens with one attached hydrogen (secondary N) is 1. The Bertz CT molecular complexity index is 447. The van der Waals surface area contributed by atoms with Gasteiger partial charge in [0.05, 0.1) is 17.3 Å². The maximum atomic E-state index is 12.6. The van der Waals surface area contributed by atoms with Gasteiger partial charge in [0.2, 0.25) is 5.91 Å². The van der Waals surface area contributed by atoms with E-state index in [1.165, 1.54) is 25.7 Å². The third kappa shape index (κ3) is 1.96. The minimum atomic E-state index is -0.0763. The zero-order valence-corrected chi connectivity index (χ0v) is 11.9. The number of anilines is 1. The van der Waals surface area contributed by atoms with Crippen LogP contribution in [0.5, 0.6) is 0 Å². The lowest BCUT2D eigenvalue weighted by Crippen LogP contribution is -2.36. The molecule has 0 saturated heterocycles. The van der Waals surface area contributed by atoms with E-state index in [0.717, 1.165) is 23.1 Å². The molecule has 2 aliphatic rings. The standard InChI is InChI=1S/C14H17BrN2O/c15-12-6-5-11(9-16-12)17-13(18)14-7-1-3-10(14)4-2-8-14/h5-6,9-10H,1-4,7-8H2,(H,17,18). The quantitative estimate of drug-likeness (QED) is 0.845. The van der Waals surface area contributed by atoms with Crippen LogP contribution in [0.2, 0.25) is 0 Å². The summed E-state index contributed by atoms with van der Waals surface area (Å²) in [4.78, 5) is 16.7. The van der Waals surface area contributed by atoms with Gasteiger partial charge in [-0.15, -0.1) is 0 Å². The van der Waals surface area contributed by atoms with Crippen LogP contribution in [0.3, 0.4) is 0 Å². The van der Waals surface area contributed by atoms with Gasteiger partial charge in [0.15, 0.2) is 0 Å². The molecule has 2 saturated carbocycles. The Morgan fingerprint density at radius 1 is 1.33 bits per heavy atom. The van der Waals surface area contributed by atoms with E-state index in [4.69, 9.17) is 0 Å². The normalized spacial score (nSPS) is 30.2. The van der Waals surface area contributed by atoms with Crippen molar-refractivity contribution in [2.24, 2.45) is 11.3 Å². The van der Waals surface area contributed by atoms with Gasteiger partial charge in [0.25, 0.3) is 0 Å². The Morgan fingerprint density at radius 2 is 2.06 bits per heavy atom. The van der Waals surface area contributed by atoms with Crippen LogP contribution in [-0.2, 0) is 4.79 Å². The van der Waals surface area contributed by atoms with E-state index in [1.54, 1.807) is 6.20 Å². The summed E-state index contributed by atoms with van der Waals surface area (Å²) in [5.41, 5.74) is 0.725. The predicted octanol–water partition coefficient (Wildman–Crippen LogP) is 3.75. The first kappa shape index (κ1) is 12.2. The minimum absolute atomic E-state index is 0.0763. The molecular formula is C14H17BrN2O. The molecule has 0 unspecified atom stereocenters. The van der Waals surface area contributed by atoms with Crippen molar-refractivity contribution >= 4 is 27.5 Å². The summed E-state index contributed by atoms with van der Waals surface area (Å²) in [6.45, 7) is 0. The van der Waals surface area contributed by atoms with Crippen molar-refractivity contribution in [2.45, 2.75) is 38.5 Å². The fraction of sp³-hybridized carbons (Fsp3) is 0.571. The van der Waals surface area contributed by atoms with Gasteiger partial charge in [-0.2, -0.15) is 0 Å². The summed E-state index contributed by atoms with van der Waals surface area (Å²) in [5.74, 6) is 0.826. The number of nitrogens with zero attached hydrogens (tertiary/aromatic N) is 1. The van der Waals surface area contributed by atoms with Crippen LogP contribution in [0.1, 0.15) is 38.5 Å². The number of carbonyl (C=O) groups excluding carboxylic acids is 1. The number of aromatic nitrogens is 1. The van der Waals surface area contributed by atoms with Gasteiger partial charge in [0.1, 0.15) is 4.60 Å². The van der Waals surface area contributed by atoms with Crippen molar-refractivity contribution in [3.63, 3.8) is 0 Å². The molecule has 0 radical (unpaired) electrons. The Labute approximate surface area is 116 Å². The van der Waals surface area contributed by atoms with Crippen LogP contribution in [0.15, 0.2) is 22.9 Å². The molecule has 1 amide bonds. The molecule has 18 heavy (non-hydrogen) atoms. The largest absolute Gasteiger partial charge is 0.324 e. The molecular weight excluding hydrogens is 292 g/mol. The number of hydrogen-bond acceptors (Lipinski definition) is 2. The molecule has 1 N–H and O–H groups in total. The van der Waals surface area contributed by atoms with E-state index in [0.29, 0.717) is 5.92 Å². The number of carbonyl (C=O) groups is 1. The predicted molar refractivity (Wildman–Crippen MR) is 74.2 cm³/mol. The van der Waals surface area contributed by atoms with Crippen molar-refractivity contribution in [2.75, 3.05) is 5.32 Å². The lowest BCUT2D eigenvalue weighted by molar-refractivity contribution is -0.126. The molecule has 3 nitrogen and oxygen atoms in total. The second kappa shape index (κ2) is 4.65. The van der Waals surface area contributed by atoms with Crippen molar-refractivity contribution < 1.29 is 4.79 Å². The van der Waals surface area contributed by atoms with Gasteiger partial charge in [-0.25, -0.2) is 4.98 Å². The third-order valence-corrected chi connectivity index (χ3v) is 5.04. The van der Waals surface area contributed by atoms with E-state index in [1.807, 2.05) is 12.1 Å². The second-order valence-corrected chi connectivity index (χ2v) is 6.27. The molecule has 1 heterocycles. The average molecular weight is 309 g/mol. The molecule has 2 fully saturated rings. The van der Waals surface area contributed by atoms with Gasteiger partial charge in [-0.05, 0) is 59.7 Å². The zero-order chi connectivity index (χ0) is 12.6. The number of hydrogen-bond donors (Lipinski definition) is 1. The van der Waals surface area contributed by atoms with E-state index in [2.05, 4.69) is 26.2 Å². The highest BCUT2D eigenvalue weighted by molar-refractivity contribution is 9.10. The van der Waals surface area contributed by atoms with Crippen molar-refractivity contribution in [1.29, 1.82) is 0 Å². The lowest BCUT2D eigenvalue weighted by Gasteiger charge is -2.27. The Morgan fingerprint density at radius 3 is 2.67 bits per heavy atom. The summed E-state index contributed by atoms with van der Waals surface area (Å²) in [6.07, 6.45) is 8.70. The topological polar surface area (TPSA) is 42.0 Å². The van der Waals surface area contributed by atoms with Crippen LogP contribution in [0.25, 0.3) is 0 Å². The van der Waals surface area contributed by atoms with Crippen LogP contribution >= 0.6 is 15.9 Å². The number of amides is 1. The first-order valence-corrected chi connectivity index (χ1v) is 7.43. The molecule has 0 bridgehead atoms. The highest BCUT2D eigenvalue weighted by Crippen LogP contribution is 2.54. The Kier molecular flexibility index (Phi) is 3.14. The Balaban J connectivity index is 1.77. The molecule has 3 rings (SSSR count). The van der Waals surface area contributed by atoms with E-state index < -0.39 is 0 Å². The average Bonchev–Trinajstić information content (AvgIpc) is 2.91. The minimum Gasteiger partial charge on any atom is -0.324 e. The van der Waals surface area contributed by atoms with Crippen LogP contribution in [0.4, 0.5) is 5.69 Å². The monoisotopic (exact) mass is 308 g/mol. The van der Waals surface area contributed by atoms with Gasteiger partial charge >= 0.3 is 0 Å². The molecule has 1 aromatic rings. The molecule has 4 heteroatoms. The van der Waals surface area contributed by atoms with Gasteiger partial charge in [-0.1, -0.05) is 12.8 Å². The lowest BCUT2D eigenvalue weighted by atomic mass is 9.79. The second-order valence-electron chi connectivity index (χ2n) is 5.46. The number of halogens is 1. The SMILES string of the molecule is O=C(Nc1ccc(Br)nc1)C12CCCC1CCC2. The summed E-state index contributed by atoms with van der Waals surface area (Å²) < 4.78 is 0.790. The third-order valence-electron chi connectivity index (χ3n) is 4.57. The first-order valence-electron chi connectivity index (χ1n) is 6.64. The summed E-state index contributed by atoms with van der Waals surface area (Å²) in [5, 5.41) is 3.05. The van der Waals surface area contributed by atoms with Gasteiger partial charge in [-0.3, -0.25) is 4.79 Å². The highest BCUT2D eigenvalue weighted by atomic mass is 79.9. The molecule has 0 aliphatic heterocycles. The van der Waals surface area contributed by atoms with Gasteiger partial charge in [0, 0.05) is 0 Å². The smallest absolute Gasteiger partial charge is 0.230 e. The number of pyridine rings is 1. The summed E-state index contributed by atoms with van der Waals surface area (Å²) in [7, 11) is 0. The molecule has 2 aliphatic carbocycles. The fourth-order valence-corrected chi connectivity index (χ4v) is 3.91. The number of rotatable bonds is 2. The first-order chi connectivity index (χ1) is 8.71. The highest BCUT2D eigenvalue weighted by Gasteiger charge is 2.51. The maximum Gasteiger partial charge on any atom is 0.230 e. The molecule has 96 valence electrons. The van der Waals surface area contributed by atoms with Crippen LogP contribution in [0, 0.1) is 11.3 Å². The van der Waals surface area contributed by atoms with Crippen molar-refractivity contribution in [1.82, 2.24) is 4.98 Å². The van der Waals surface area contributed by atoms with Gasteiger partial charge < -0.3 is 5.32 Å². The van der Waals surface area contributed by atoms with E-state index >= 15 is 0 Å². The number of fused-ring (bicyclic) bond motifs is 1. The molecule has 0 spiro atoms. The Hall–Kier alpha value is -0.900. The summed E-state index contributed by atoms with van der Waals surface area (Å²) >= 11 is 3.30. The fourth-order valence-electron chi connectivity index (χ4n) is 3.68.